The normalized spacial score (nSPS) is 14.0. The number of guanidine groups is 1. The Morgan fingerprint density at radius 2 is 1.96 bits per heavy atom. The summed E-state index contributed by atoms with van der Waals surface area (Å²) in [6.45, 7) is 4.51. The van der Waals surface area contributed by atoms with Crippen molar-refractivity contribution in [2.24, 2.45) is 10.9 Å². The van der Waals surface area contributed by atoms with Gasteiger partial charge in [-0.25, -0.2) is 4.99 Å². The van der Waals surface area contributed by atoms with Gasteiger partial charge in [-0.05, 0) is 31.9 Å². The van der Waals surface area contributed by atoms with Gasteiger partial charge in [-0.1, -0.05) is 18.2 Å². The van der Waals surface area contributed by atoms with Gasteiger partial charge in [-0.2, -0.15) is 0 Å². The molecule has 1 aliphatic carbocycles. The quantitative estimate of drug-likeness (QED) is 0.259. The number of para-hydroxylation sites is 1. The van der Waals surface area contributed by atoms with E-state index in [2.05, 4.69) is 20.9 Å². The third kappa shape index (κ3) is 5.91. The number of fused-ring (bicyclic) bond motifs is 1. The molecule has 3 N–H and O–H groups in total. The number of carbonyl (C=O) groups is 1. The van der Waals surface area contributed by atoms with Gasteiger partial charge in [0.15, 0.2) is 5.96 Å². The number of nitrogens with zero attached hydrogens (tertiary/aromatic N) is 1. The van der Waals surface area contributed by atoms with Crippen molar-refractivity contribution in [2.45, 2.75) is 26.3 Å². The smallest absolute Gasteiger partial charge is 0.223 e. The van der Waals surface area contributed by atoms with Crippen LogP contribution in [0.2, 0.25) is 0 Å². The predicted molar refractivity (Wildman–Crippen MR) is 110 cm³/mol. The molecule has 0 atom stereocenters. The number of hydrogen-bond donors (Lipinski definition) is 3. The van der Waals surface area contributed by atoms with E-state index in [9.17, 15) is 4.79 Å². The van der Waals surface area contributed by atoms with E-state index in [1.807, 2.05) is 37.3 Å². The van der Waals surface area contributed by atoms with Crippen molar-refractivity contribution < 1.29 is 9.21 Å². The summed E-state index contributed by atoms with van der Waals surface area (Å²) in [5.74, 6) is 1.97. The zero-order chi connectivity index (χ0) is 16.8. The highest BCUT2D eigenvalue weighted by molar-refractivity contribution is 14.0. The van der Waals surface area contributed by atoms with E-state index in [0.29, 0.717) is 19.6 Å². The fraction of sp³-hybridized carbons (Fsp3) is 0.444. The van der Waals surface area contributed by atoms with E-state index in [1.165, 1.54) is 0 Å². The average molecular weight is 456 g/mol. The molecule has 0 aliphatic heterocycles. The van der Waals surface area contributed by atoms with Crippen molar-refractivity contribution in [1.29, 1.82) is 0 Å². The van der Waals surface area contributed by atoms with Crippen molar-refractivity contribution >= 4 is 46.8 Å². The van der Waals surface area contributed by atoms with Crippen LogP contribution in [-0.2, 0) is 11.3 Å². The first-order chi connectivity index (χ1) is 11.8. The molecular weight excluding hydrogens is 431 g/mol. The second kappa shape index (κ2) is 9.65. The Morgan fingerprint density at radius 1 is 1.20 bits per heavy atom. The molecule has 1 aliphatic rings. The van der Waals surface area contributed by atoms with Crippen LogP contribution in [0, 0.1) is 5.92 Å². The molecule has 2 aromatic rings. The minimum Gasteiger partial charge on any atom is -0.459 e. The second-order valence-corrected chi connectivity index (χ2v) is 5.94. The number of benzene rings is 1. The van der Waals surface area contributed by atoms with Crippen molar-refractivity contribution in [3.63, 3.8) is 0 Å². The molecule has 1 heterocycles. The van der Waals surface area contributed by atoms with Crippen LogP contribution in [-0.4, -0.2) is 31.5 Å². The van der Waals surface area contributed by atoms with Crippen LogP contribution in [0.3, 0.4) is 0 Å². The molecule has 0 spiro atoms. The predicted octanol–water partition coefficient (Wildman–Crippen LogP) is 2.63. The molecule has 1 aromatic heterocycles. The van der Waals surface area contributed by atoms with E-state index >= 15 is 0 Å². The Balaban J connectivity index is 0.00000225. The van der Waals surface area contributed by atoms with Crippen molar-refractivity contribution in [3.05, 3.63) is 36.1 Å². The number of nitrogens with one attached hydrogen (secondary N) is 3. The molecule has 1 saturated carbocycles. The summed E-state index contributed by atoms with van der Waals surface area (Å²) in [5.41, 5.74) is 0.878. The number of aliphatic imine (C=N–C) groups is 1. The number of carbonyl (C=O) groups excluding carboxylic acids is 1. The average Bonchev–Trinajstić information content (AvgIpc) is 3.35. The summed E-state index contributed by atoms with van der Waals surface area (Å²) in [4.78, 5) is 16.1. The van der Waals surface area contributed by atoms with Gasteiger partial charge in [0.1, 0.15) is 17.9 Å². The molecule has 0 saturated heterocycles. The van der Waals surface area contributed by atoms with Crippen LogP contribution in [0.25, 0.3) is 11.0 Å². The Bertz CT molecular complexity index is 692. The van der Waals surface area contributed by atoms with Crippen LogP contribution >= 0.6 is 24.0 Å². The maximum Gasteiger partial charge on any atom is 0.223 e. The summed E-state index contributed by atoms with van der Waals surface area (Å²) in [7, 11) is 0. The zero-order valence-corrected chi connectivity index (χ0v) is 16.7. The lowest BCUT2D eigenvalue weighted by atomic mass is 10.2. The lowest BCUT2D eigenvalue weighted by Gasteiger charge is -2.11. The number of rotatable bonds is 7. The number of hydrogen-bond acceptors (Lipinski definition) is 3. The molecule has 6 nitrogen and oxygen atoms in total. The van der Waals surface area contributed by atoms with Crippen molar-refractivity contribution in [1.82, 2.24) is 16.0 Å². The highest BCUT2D eigenvalue weighted by Gasteiger charge is 2.28. The van der Waals surface area contributed by atoms with Gasteiger partial charge in [0.25, 0.3) is 0 Å². The summed E-state index contributed by atoms with van der Waals surface area (Å²) in [6, 6.07) is 9.94. The van der Waals surface area contributed by atoms with Gasteiger partial charge in [-0.3, -0.25) is 4.79 Å². The largest absolute Gasteiger partial charge is 0.459 e. The molecular formula is C18H25IN4O2. The third-order valence-electron chi connectivity index (χ3n) is 3.88. The molecule has 1 amide bonds. The monoisotopic (exact) mass is 456 g/mol. The highest BCUT2D eigenvalue weighted by Crippen LogP contribution is 2.28. The van der Waals surface area contributed by atoms with Crippen molar-refractivity contribution in [3.8, 4) is 0 Å². The summed E-state index contributed by atoms with van der Waals surface area (Å²) in [5, 5.41) is 10.4. The second-order valence-electron chi connectivity index (χ2n) is 5.94. The van der Waals surface area contributed by atoms with Gasteiger partial charge in [0.05, 0.1) is 0 Å². The van der Waals surface area contributed by atoms with Crippen LogP contribution in [0.5, 0.6) is 0 Å². The van der Waals surface area contributed by atoms with Crippen LogP contribution in [0.4, 0.5) is 0 Å². The van der Waals surface area contributed by atoms with E-state index < -0.39 is 0 Å². The fourth-order valence-corrected chi connectivity index (χ4v) is 2.47. The number of halogens is 1. The minimum absolute atomic E-state index is 0. The van der Waals surface area contributed by atoms with Gasteiger partial charge < -0.3 is 20.4 Å². The van der Waals surface area contributed by atoms with Gasteiger partial charge in [0.2, 0.25) is 5.91 Å². The first kappa shape index (κ1) is 19.6. The minimum atomic E-state index is 0. The molecule has 0 bridgehead atoms. The Morgan fingerprint density at radius 3 is 2.68 bits per heavy atom. The van der Waals surface area contributed by atoms with Gasteiger partial charge in [-0.15, -0.1) is 24.0 Å². The zero-order valence-electron chi connectivity index (χ0n) is 14.4. The molecule has 0 unspecified atom stereocenters. The summed E-state index contributed by atoms with van der Waals surface area (Å²) >= 11 is 0. The lowest BCUT2D eigenvalue weighted by molar-refractivity contribution is -0.122. The highest BCUT2D eigenvalue weighted by atomic mass is 127. The molecule has 136 valence electrons. The summed E-state index contributed by atoms with van der Waals surface area (Å²) < 4.78 is 5.77. The maximum absolute atomic E-state index is 11.6. The molecule has 7 heteroatoms. The van der Waals surface area contributed by atoms with Gasteiger partial charge >= 0.3 is 0 Å². The van der Waals surface area contributed by atoms with Gasteiger partial charge in [0, 0.05) is 30.9 Å². The van der Waals surface area contributed by atoms with Crippen molar-refractivity contribution in [2.75, 3.05) is 19.6 Å². The third-order valence-corrected chi connectivity index (χ3v) is 3.88. The Kier molecular flexibility index (Phi) is 7.54. The van der Waals surface area contributed by atoms with E-state index in [0.717, 1.165) is 42.1 Å². The lowest BCUT2D eigenvalue weighted by Crippen LogP contribution is -2.41. The first-order valence-electron chi connectivity index (χ1n) is 8.53. The molecule has 3 rings (SSSR count). The maximum atomic E-state index is 11.6. The fourth-order valence-electron chi connectivity index (χ4n) is 2.47. The topological polar surface area (TPSA) is 78.7 Å². The van der Waals surface area contributed by atoms with E-state index in [-0.39, 0.29) is 35.8 Å². The summed E-state index contributed by atoms with van der Waals surface area (Å²) in [6.07, 6.45) is 2.06. The van der Waals surface area contributed by atoms with Crippen LogP contribution < -0.4 is 16.0 Å². The van der Waals surface area contributed by atoms with Crippen LogP contribution in [0.15, 0.2) is 39.7 Å². The number of furan rings is 1. The van der Waals surface area contributed by atoms with E-state index in [1.54, 1.807) is 0 Å². The molecule has 1 aromatic carbocycles. The number of amides is 1. The first-order valence-corrected chi connectivity index (χ1v) is 8.53. The molecule has 0 radical (unpaired) electrons. The molecule has 1 fully saturated rings. The standard InChI is InChI=1S/C18H24N4O2.HI/c1-2-19-18(21-10-9-20-17(23)13-7-8-13)22-12-15-11-14-5-3-4-6-16(14)24-15;/h3-6,11,13H,2,7-10,12H2,1H3,(H,20,23)(H2,19,21,22);1H. The SMILES string of the molecule is CCNC(=NCc1cc2ccccc2o1)NCCNC(=O)C1CC1.I. The Hall–Kier alpha value is -1.77. The molecule has 25 heavy (non-hydrogen) atoms. The van der Waals surface area contributed by atoms with Crippen LogP contribution in [0.1, 0.15) is 25.5 Å². The van der Waals surface area contributed by atoms with E-state index in [4.69, 9.17) is 4.42 Å². The Labute approximate surface area is 164 Å².